The van der Waals surface area contributed by atoms with Crippen LogP contribution in [0.3, 0.4) is 0 Å². The molecule has 1 unspecified atom stereocenters. The van der Waals surface area contributed by atoms with Gasteiger partial charge in [0, 0.05) is 13.2 Å². The predicted octanol–water partition coefficient (Wildman–Crippen LogP) is -0.184. The Kier molecular flexibility index (Phi) is 4.62. The first-order valence-electron chi connectivity index (χ1n) is 5.14. The van der Waals surface area contributed by atoms with E-state index in [0.29, 0.717) is 0 Å². The number of hydrogen-bond donors (Lipinski definition) is 1. The van der Waals surface area contributed by atoms with E-state index in [9.17, 15) is 13.2 Å². The van der Waals surface area contributed by atoms with Crippen LogP contribution in [0.4, 0.5) is 0 Å². The number of sulfonamides is 1. The van der Waals surface area contributed by atoms with Crippen LogP contribution in [0, 0.1) is 0 Å². The molecule has 0 aliphatic carbocycles. The van der Waals surface area contributed by atoms with Crippen molar-refractivity contribution in [1.29, 1.82) is 0 Å². The van der Waals surface area contributed by atoms with Crippen molar-refractivity contribution in [3.63, 3.8) is 0 Å². The van der Waals surface area contributed by atoms with E-state index in [1.165, 1.54) is 23.9 Å². The fourth-order valence-corrected chi connectivity index (χ4v) is 2.13. The van der Waals surface area contributed by atoms with E-state index in [-0.39, 0.29) is 11.5 Å². The van der Waals surface area contributed by atoms with E-state index in [0.717, 1.165) is 6.20 Å². The Labute approximate surface area is 105 Å². The molecule has 1 heterocycles. The largest absolute Gasteiger partial charge is 0.365 e. The second-order valence-electron chi connectivity index (χ2n) is 3.58. The first-order chi connectivity index (χ1) is 8.36. The number of ether oxygens (including phenoxy) is 1. The van der Waals surface area contributed by atoms with Crippen molar-refractivity contribution in [3.05, 3.63) is 25.0 Å². The second-order valence-corrected chi connectivity index (χ2v) is 5.27. The molecule has 1 aromatic rings. The highest BCUT2D eigenvalue weighted by molar-refractivity contribution is 7.90. The van der Waals surface area contributed by atoms with Crippen molar-refractivity contribution in [1.82, 2.24) is 14.5 Å². The van der Waals surface area contributed by atoms with Gasteiger partial charge in [0.25, 0.3) is 15.9 Å². The first-order valence-corrected chi connectivity index (χ1v) is 6.63. The topological polar surface area (TPSA) is 90.3 Å². The summed E-state index contributed by atoms with van der Waals surface area (Å²) in [6.07, 6.45) is 3.05. The molecule has 0 aliphatic heterocycles. The van der Waals surface area contributed by atoms with E-state index < -0.39 is 22.0 Å². The van der Waals surface area contributed by atoms with Gasteiger partial charge in [-0.2, -0.15) is 5.10 Å². The van der Waals surface area contributed by atoms with Gasteiger partial charge in [-0.3, -0.25) is 9.48 Å². The van der Waals surface area contributed by atoms with Gasteiger partial charge in [-0.1, -0.05) is 6.08 Å². The number of nitrogens with one attached hydrogen (secondary N) is 1. The zero-order chi connectivity index (χ0) is 13.8. The minimum Gasteiger partial charge on any atom is -0.365 e. The van der Waals surface area contributed by atoms with E-state index >= 15 is 0 Å². The minimum absolute atomic E-state index is 0.0747. The Morgan fingerprint density at radius 2 is 2.39 bits per heavy atom. The summed E-state index contributed by atoms with van der Waals surface area (Å²) in [5, 5.41) is 3.73. The standard InChI is InChI=1S/C10H15N3O4S/c1-4-5-17-8(2)10(14)12-18(15,16)9-6-11-13(3)7-9/h4,6-8H,1,5H2,2-3H3,(H,12,14). The fourth-order valence-electron chi connectivity index (χ4n) is 1.10. The van der Waals surface area contributed by atoms with Gasteiger partial charge in [0.05, 0.1) is 12.8 Å². The van der Waals surface area contributed by atoms with Crippen LogP contribution in [-0.2, 0) is 26.6 Å². The summed E-state index contributed by atoms with van der Waals surface area (Å²) in [4.78, 5) is 11.5. The molecule has 0 saturated heterocycles. The molecule has 1 rings (SSSR count). The lowest BCUT2D eigenvalue weighted by Crippen LogP contribution is -2.38. The lowest BCUT2D eigenvalue weighted by molar-refractivity contribution is -0.129. The van der Waals surface area contributed by atoms with Crippen LogP contribution in [0.1, 0.15) is 6.92 Å². The minimum atomic E-state index is -3.90. The quantitative estimate of drug-likeness (QED) is 0.726. The number of rotatable bonds is 6. The number of carbonyl (C=O) groups excluding carboxylic acids is 1. The zero-order valence-corrected chi connectivity index (χ0v) is 11.0. The van der Waals surface area contributed by atoms with Gasteiger partial charge in [0.2, 0.25) is 0 Å². The normalized spacial score (nSPS) is 13.0. The molecule has 0 aliphatic rings. The maximum absolute atomic E-state index is 11.8. The SMILES string of the molecule is C=CCOC(C)C(=O)NS(=O)(=O)c1cnn(C)c1. The maximum atomic E-state index is 11.8. The number of amides is 1. The van der Waals surface area contributed by atoms with Crippen molar-refractivity contribution < 1.29 is 17.9 Å². The Balaban J connectivity index is 2.72. The molecule has 8 heteroatoms. The molecule has 1 amide bonds. The van der Waals surface area contributed by atoms with Crippen molar-refractivity contribution >= 4 is 15.9 Å². The van der Waals surface area contributed by atoms with Crippen LogP contribution in [0.15, 0.2) is 29.9 Å². The summed E-state index contributed by atoms with van der Waals surface area (Å²) < 4.78 is 31.8. The number of aromatic nitrogens is 2. The van der Waals surface area contributed by atoms with E-state index in [1.807, 2.05) is 4.72 Å². The summed E-state index contributed by atoms with van der Waals surface area (Å²) in [5.74, 6) is -0.735. The average molecular weight is 273 g/mol. The number of hydrogen-bond acceptors (Lipinski definition) is 5. The molecule has 7 nitrogen and oxygen atoms in total. The first kappa shape index (κ1) is 14.4. The third-order valence-electron chi connectivity index (χ3n) is 2.06. The Morgan fingerprint density at radius 3 is 2.89 bits per heavy atom. The van der Waals surface area contributed by atoms with Gasteiger partial charge in [0.15, 0.2) is 0 Å². The molecular weight excluding hydrogens is 258 g/mol. The number of nitrogens with zero attached hydrogens (tertiary/aromatic N) is 2. The lowest BCUT2D eigenvalue weighted by Gasteiger charge is -2.11. The molecule has 0 aromatic carbocycles. The lowest BCUT2D eigenvalue weighted by atomic mass is 10.4. The molecule has 0 fully saturated rings. The maximum Gasteiger partial charge on any atom is 0.267 e. The highest BCUT2D eigenvalue weighted by atomic mass is 32.2. The molecule has 0 bridgehead atoms. The van der Waals surface area contributed by atoms with Gasteiger partial charge in [-0.25, -0.2) is 13.1 Å². The Bertz CT molecular complexity index is 535. The molecule has 0 radical (unpaired) electrons. The van der Waals surface area contributed by atoms with Crippen molar-refractivity contribution in [2.24, 2.45) is 7.05 Å². The van der Waals surface area contributed by atoms with Gasteiger partial charge >= 0.3 is 0 Å². The highest BCUT2D eigenvalue weighted by Gasteiger charge is 2.22. The smallest absolute Gasteiger partial charge is 0.267 e. The van der Waals surface area contributed by atoms with E-state index in [2.05, 4.69) is 11.7 Å². The van der Waals surface area contributed by atoms with Crippen LogP contribution in [-0.4, -0.2) is 36.8 Å². The van der Waals surface area contributed by atoms with Gasteiger partial charge in [-0.15, -0.1) is 6.58 Å². The monoisotopic (exact) mass is 273 g/mol. The zero-order valence-electron chi connectivity index (χ0n) is 10.2. The highest BCUT2D eigenvalue weighted by Crippen LogP contribution is 2.06. The van der Waals surface area contributed by atoms with Crippen LogP contribution in [0.5, 0.6) is 0 Å². The average Bonchev–Trinajstić information content (AvgIpc) is 2.72. The van der Waals surface area contributed by atoms with Crippen molar-refractivity contribution in [2.75, 3.05) is 6.61 Å². The van der Waals surface area contributed by atoms with Crippen molar-refractivity contribution in [3.8, 4) is 0 Å². The molecule has 1 atom stereocenters. The summed E-state index contributed by atoms with van der Waals surface area (Å²) >= 11 is 0. The molecule has 0 saturated carbocycles. The molecule has 100 valence electrons. The fraction of sp³-hybridized carbons (Fsp3) is 0.400. The van der Waals surface area contributed by atoms with Crippen LogP contribution in [0.2, 0.25) is 0 Å². The Morgan fingerprint density at radius 1 is 1.72 bits per heavy atom. The van der Waals surface area contributed by atoms with Crippen molar-refractivity contribution in [2.45, 2.75) is 17.9 Å². The van der Waals surface area contributed by atoms with E-state index in [1.54, 1.807) is 7.05 Å². The molecule has 1 N–H and O–H groups in total. The number of carbonyl (C=O) groups is 1. The summed E-state index contributed by atoms with van der Waals surface area (Å²) in [7, 11) is -2.32. The van der Waals surface area contributed by atoms with Gasteiger partial charge in [-0.05, 0) is 6.92 Å². The molecule has 0 spiro atoms. The third kappa shape index (κ3) is 3.67. The summed E-state index contributed by atoms with van der Waals surface area (Å²) in [6.45, 7) is 5.06. The van der Waals surface area contributed by atoms with Gasteiger partial charge < -0.3 is 4.74 Å². The summed E-state index contributed by atoms with van der Waals surface area (Å²) in [6, 6.07) is 0. The Hall–Kier alpha value is -1.67. The molecule has 1 aromatic heterocycles. The molecular formula is C10H15N3O4S. The van der Waals surface area contributed by atoms with Crippen LogP contribution in [0.25, 0.3) is 0 Å². The van der Waals surface area contributed by atoms with Crippen LogP contribution < -0.4 is 4.72 Å². The second kappa shape index (κ2) is 5.78. The summed E-state index contributed by atoms with van der Waals surface area (Å²) in [5.41, 5.74) is 0. The van der Waals surface area contributed by atoms with E-state index in [4.69, 9.17) is 4.74 Å². The van der Waals surface area contributed by atoms with Gasteiger partial charge in [0.1, 0.15) is 11.0 Å². The third-order valence-corrected chi connectivity index (χ3v) is 3.36. The van der Waals surface area contributed by atoms with Crippen LogP contribution >= 0.6 is 0 Å². The predicted molar refractivity (Wildman–Crippen MR) is 64.1 cm³/mol. The molecule has 18 heavy (non-hydrogen) atoms. The number of aryl methyl sites for hydroxylation is 1.